The van der Waals surface area contributed by atoms with Crippen LogP contribution >= 0.6 is 0 Å². The lowest BCUT2D eigenvalue weighted by atomic mass is 10.3. The van der Waals surface area contributed by atoms with Crippen molar-refractivity contribution in [1.82, 2.24) is 0 Å². The summed E-state index contributed by atoms with van der Waals surface area (Å²) in [5.41, 5.74) is 0.0433. The molecule has 0 radical (unpaired) electrons. The van der Waals surface area contributed by atoms with Crippen molar-refractivity contribution in [2.45, 2.75) is 0 Å². The number of ether oxygens (including phenoxy) is 4. The Morgan fingerprint density at radius 2 is 1.50 bits per heavy atom. The molecule has 0 atom stereocenters. The number of nitro benzene ring substituents is 1. The highest BCUT2D eigenvalue weighted by Crippen LogP contribution is 2.16. The van der Waals surface area contributed by atoms with Gasteiger partial charge in [0.05, 0.1) is 38.0 Å². The summed E-state index contributed by atoms with van der Waals surface area (Å²) in [6.45, 7) is 2.96. The smallest absolute Gasteiger partial charge is 0.269 e. The van der Waals surface area contributed by atoms with Crippen LogP contribution in [0.3, 0.4) is 0 Å². The van der Waals surface area contributed by atoms with Crippen molar-refractivity contribution in [3.05, 3.63) is 34.4 Å². The van der Waals surface area contributed by atoms with Gasteiger partial charge in [-0.05, 0) is 12.1 Å². The van der Waals surface area contributed by atoms with Gasteiger partial charge in [0.25, 0.3) is 5.69 Å². The fourth-order valence-corrected chi connectivity index (χ4v) is 1.35. The molecule has 0 spiro atoms. The minimum atomic E-state index is -0.448. The van der Waals surface area contributed by atoms with Crippen LogP contribution in [0, 0.1) is 10.1 Å². The van der Waals surface area contributed by atoms with Crippen molar-refractivity contribution in [1.29, 1.82) is 0 Å². The van der Waals surface area contributed by atoms with Crippen molar-refractivity contribution in [2.75, 3.05) is 46.8 Å². The van der Waals surface area contributed by atoms with E-state index in [0.29, 0.717) is 45.4 Å². The molecule has 0 aromatic heterocycles. The Kier molecular flexibility index (Phi) is 8.28. The molecule has 0 fully saturated rings. The van der Waals surface area contributed by atoms with Gasteiger partial charge in [-0.25, -0.2) is 0 Å². The van der Waals surface area contributed by atoms with Crippen LogP contribution in [-0.4, -0.2) is 51.7 Å². The molecule has 1 aromatic carbocycles. The van der Waals surface area contributed by atoms with Gasteiger partial charge in [-0.3, -0.25) is 10.1 Å². The van der Waals surface area contributed by atoms with Crippen LogP contribution in [0.5, 0.6) is 5.75 Å². The van der Waals surface area contributed by atoms with Crippen LogP contribution in [-0.2, 0) is 14.2 Å². The maximum atomic E-state index is 10.5. The second-order valence-corrected chi connectivity index (χ2v) is 3.82. The molecule has 20 heavy (non-hydrogen) atoms. The Balaban J connectivity index is 2.02. The fourth-order valence-electron chi connectivity index (χ4n) is 1.35. The largest absolute Gasteiger partial charge is 0.491 e. The highest BCUT2D eigenvalue weighted by molar-refractivity contribution is 5.35. The van der Waals surface area contributed by atoms with Crippen molar-refractivity contribution in [3.63, 3.8) is 0 Å². The molecular weight excluding hydrogens is 266 g/mol. The zero-order chi connectivity index (χ0) is 14.6. The lowest BCUT2D eigenvalue weighted by Crippen LogP contribution is -2.12. The van der Waals surface area contributed by atoms with Gasteiger partial charge in [0.1, 0.15) is 12.4 Å². The van der Waals surface area contributed by atoms with Crippen LogP contribution in [0.4, 0.5) is 5.69 Å². The van der Waals surface area contributed by atoms with Crippen molar-refractivity contribution < 1.29 is 23.9 Å². The molecule has 0 aliphatic carbocycles. The SMILES string of the molecule is COCCOCCOCCOc1ccc([N+](=O)[O-])cc1. The Bertz CT molecular complexity index is 381. The van der Waals surface area contributed by atoms with E-state index >= 15 is 0 Å². The topological polar surface area (TPSA) is 80.1 Å². The van der Waals surface area contributed by atoms with Gasteiger partial charge < -0.3 is 18.9 Å². The van der Waals surface area contributed by atoms with Gasteiger partial charge >= 0.3 is 0 Å². The van der Waals surface area contributed by atoms with Gasteiger partial charge in [-0.1, -0.05) is 0 Å². The number of rotatable bonds is 11. The molecule has 7 heteroatoms. The zero-order valence-corrected chi connectivity index (χ0v) is 11.4. The summed E-state index contributed by atoms with van der Waals surface area (Å²) in [4.78, 5) is 10.0. The standard InChI is InChI=1S/C13H19NO6/c1-17-6-7-18-8-9-19-10-11-20-13-4-2-12(3-5-13)14(15)16/h2-5H,6-11H2,1H3. The predicted molar refractivity (Wildman–Crippen MR) is 72.1 cm³/mol. The molecule has 7 nitrogen and oxygen atoms in total. The van der Waals surface area contributed by atoms with E-state index in [1.165, 1.54) is 12.1 Å². The first-order chi connectivity index (χ1) is 9.74. The number of non-ortho nitro benzene ring substituents is 1. The van der Waals surface area contributed by atoms with Crippen molar-refractivity contribution in [3.8, 4) is 5.75 Å². The van der Waals surface area contributed by atoms with Gasteiger partial charge in [-0.2, -0.15) is 0 Å². The summed E-state index contributed by atoms with van der Waals surface area (Å²) in [5.74, 6) is 0.579. The Morgan fingerprint density at radius 3 is 2.05 bits per heavy atom. The van der Waals surface area contributed by atoms with Gasteiger partial charge in [-0.15, -0.1) is 0 Å². The van der Waals surface area contributed by atoms with E-state index in [1.807, 2.05) is 0 Å². The summed E-state index contributed by atoms with van der Waals surface area (Å²) in [7, 11) is 1.62. The average Bonchev–Trinajstić information content (AvgIpc) is 2.46. The molecule has 0 saturated heterocycles. The molecule has 1 rings (SSSR count). The Hall–Kier alpha value is -1.70. The normalized spacial score (nSPS) is 10.4. The lowest BCUT2D eigenvalue weighted by Gasteiger charge is -2.07. The van der Waals surface area contributed by atoms with E-state index in [4.69, 9.17) is 18.9 Å². The summed E-state index contributed by atoms with van der Waals surface area (Å²) in [6.07, 6.45) is 0. The quantitative estimate of drug-likeness (QED) is 0.349. The monoisotopic (exact) mass is 285 g/mol. The van der Waals surface area contributed by atoms with Crippen molar-refractivity contribution in [2.24, 2.45) is 0 Å². The van der Waals surface area contributed by atoms with Crippen LogP contribution in [0.2, 0.25) is 0 Å². The van der Waals surface area contributed by atoms with E-state index in [1.54, 1.807) is 19.2 Å². The lowest BCUT2D eigenvalue weighted by molar-refractivity contribution is -0.384. The number of hydrogen-bond donors (Lipinski definition) is 0. The number of benzene rings is 1. The Morgan fingerprint density at radius 1 is 0.950 bits per heavy atom. The van der Waals surface area contributed by atoms with Crippen LogP contribution in [0.1, 0.15) is 0 Å². The van der Waals surface area contributed by atoms with Gasteiger partial charge in [0.15, 0.2) is 0 Å². The second-order valence-electron chi connectivity index (χ2n) is 3.82. The minimum absolute atomic E-state index is 0.0433. The summed E-state index contributed by atoms with van der Waals surface area (Å²) in [5, 5.41) is 10.5. The first-order valence-electron chi connectivity index (χ1n) is 6.25. The molecule has 0 aliphatic rings. The summed E-state index contributed by atoms with van der Waals surface area (Å²) >= 11 is 0. The molecule has 0 amide bonds. The summed E-state index contributed by atoms with van der Waals surface area (Å²) < 4.78 is 20.7. The molecule has 0 aliphatic heterocycles. The van der Waals surface area contributed by atoms with E-state index in [-0.39, 0.29) is 5.69 Å². The van der Waals surface area contributed by atoms with E-state index in [9.17, 15) is 10.1 Å². The maximum Gasteiger partial charge on any atom is 0.269 e. The van der Waals surface area contributed by atoms with Crippen LogP contribution < -0.4 is 4.74 Å². The first-order valence-corrected chi connectivity index (χ1v) is 6.25. The predicted octanol–water partition coefficient (Wildman–Crippen LogP) is 1.65. The molecule has 0 bridgehead atoms. The summed E-state index contributed by atoms with van der Waals surface area (Å²) in [6, 6.07) is 5.93. The molecule has 0 unspecified atom stereocenters. The second kappa shape index (κ2) is 10.1. The first kappa shape index (κ1) is 16.4. The third-order valence-corrected chi connectivity index (χ3v) is 2.35. The van der Waals surface area contributed by atoms with Gasteiger partial charge in [0.2, 0.25) is 0 Å². The number of methoxy groups -OCH3 is 1. The van der Waals surface area contributed by atoms with E-state index in [0.717, 1.165) is 0 Å². The molecule has 1 aromatic rings. The highest BCUT2D eigenvalue weighted by atomic mass is 16.6. The number of nitrogens with zero attached hydrogens (tertiary/aromatic N) is 1. The fraction of sp³-hybridized carbons (Fsp3) is 0.538. The molecule has 0 saturated carbocycles. The third-order valence-electron chi connectivity index (χ3n) is 2.35. The number of nitro groups is 1. The zero-order valence-electron chi connectivity index (χ0n) is 11.4. The van der Waals surface area contributed by atoms with Crippen molar-refractivity contribution >= 4 is 5.69 Å². The molecule has 0 heterocycles. The van der Waals surface area contributed by atoms with E-state index in [2.05, 4.69) is 0 Å². The molecule has 0 N–H and O–H groups in total. The van der Waals surface area contributed by atoms with Crippen LogP contribution in [0.15, 0.2) is 24.3 Å². The van der Waals surface area contributed by atoms with Crippen LogP contribution in [0.25, 0.3) is 0 Å². The average molecular weight is 285 g/mol. The molecular formula is C13H19NO6. The van der Waals surface area contributed by atoms with Gasteiger partial charge in [0, 0.05) is 19.2 Å². The maximum absolute atomic E-state index is 10.5. The number of hydrogen-bond acceptors (Lipinski definition) is 6. The molecule has 112 valence electrons. The highest BCUT2D eigenvalue weighted by Gasteiger charge is 2.03. The van der Waals surface area contributed by atoms with E-state index < -0.39 is 4.92 Å². The minimum Gasteiger partial charge on any atom is -0.491 e. The Labute approximate surface area is 117 Å². The third kappa shape index (κ3) is 7.03.